The van der Waals surface area contributed by atoms with Crippen molar-refractivity contribution in [1.29, 1.82) is 0 Å². The van der Waals surface area contributed by atoms with Gasteiger partial charge < -0.3 is 38.8 Å². The largest absolute Gasteiger partial charge is 0.464 e. The highest BCUT2D eigenvalue weighted by Crippen LogP contribution is 2.37. The quantitative estimate of drug-likeness (QED) is 0.140. The van der Waals surface area contributed by atoms with Crippen molar-refractivity contribution in [3.63, 3.8) is 0 Å². The van der Waals surface area contributed by atoms with Crippen LogP contribution >= 0.6 is 0 Å². The van der Waals surface area contributed by atoms with Crippen LogP contribution < -0.4 is 5.32 Å². The molecule has 0 aromatic heterocycles. The number of alkyl carbamates (subject to hydrolysis) is 1. The number of ether oxygens (including phenoxy) is 6. The molecule has 1 aliphatic rings. The first kappa shape index (κ1) is 37.8. The van der Waals surface area contributed by atoms with Gasteiger partial charge in [0.2, 0.25) is 0 Å². The lowest BCUT2D eigenvalue weighted by molar-refractivity contribution is -0.298. The van der Waals surface area contributed by atoms with Crippen molar-refractivity contribution in [1.82, 2.24) is 5.32 Å². The van der Waals surface area contributed by atoms with Crippen molar-refractivity contribution in [2.75, 3.05) is 33.0 Å². The number of nitrogens with one attached hydrogen (secondary N) is 1. The Morgan fingerprint density at radius 2 is 1.55 bits per heavy atom. The van der Waals surface area contributed by atoms with Gasteiger partial charge in [-0.2, -0.15) is 0 Å². The molecule has 0 spiro atoms. The number of carbonyl (C=O) groups is 2. The Morgan fingerprint density at radius 3 is 2.16 bits per heavy atom. The molecule has 1 saturated heterocycles. The summed E-state index contributed by atoms with van der Waals surface area (Å²) in [5.41, 5.74) is 0.677. The molecule has 0 unspecified atom stereocenters. The second-order valence-corrected chi connectivity index (χ2v) is 10.9. The Morgan fingerprint density at radius 1 is 0.932 bits per heavy atom. The summed E-state index contributed by atoms with van der Waals surface area (Å²) in [5, 5.41) is 13.5. The number of unbranched alkanes of at least 4 members (excludes halogenated alkanes) is 3. The van der Waals surface area contributed by atoms with E-state index in [1.807, 2.05) is 20.8 Å². The van der Waals surface area contributed by atoms with Gasteiger partial charge in [0.25, 0.3) is 5.92 Å². The summed E-state index contributed by atoms with van der Waals surface area (Å²) in [4.78, 5) is 25.2. The zero-order chi connectivity index (χ0) is 32.4. The fraction of sp³-hybridized carbons (Fsp3) is 0.750. The molecule has 1 heterocycles. The van der Waals surface area contributed by atoms with Crippen molar-refractivity contribution in [3.05, 3.63) is 35.9 Å². The lowest BCUT2D eigenvalue weighted by atomic mass is 9.89. The van der Waals surface area contributed by atoms with Crippen LogP contribution in [0.1, 0.15) is 78.2 Å². The average molecular weight is 632 g/mol. The third-order valence-electron chi connectivity index (χ3n) is 7.17. The molecular formula is C32H51F2NO9. The lowest BCUT2D eigenvalue weighted by Crippen LogP contribution is -2.65. The predicted molar refractivity (Wildman–Crippen MR) is 159 cm³/mol. The first-order chi connectivity index (χ1) is 21.2. The van der Waals surface area contributed by atoms with E-state index in [9.17, 15) is 14.7 Å². The molecule has 6 atom stereocenters. The Kier molecular flexibility index (Phi) is 17.7. The molecular weight excluding hydrogens is 580 g/mol. The van der Waals surface area contributed by atoms with Crippen LogP contribution in [0.25, 0.3) is 0 Å². The van der Waals surface area contributed by atoms with Crippen molar-refractivity contribution >= 4 is 12.1 Å². The van der Waals surface area contributed by atoms with E-state index in [1.54, 1.807) is 30.3 Å². The topological polar surface area (TPSA) is 122 Å². The molecule has 1 aromatic carbocycles. The molecule has 252 valence electrons. The van der Waals surface area contributed by atoms with Crippen molar-refractivity contribution in [2.45, 2.75) is 122 Å². The minimum absolute atomic E-state index is 0.0465. The lowest BCUT2D eigenvalue weighted by Gasteiger charge is -2.46. The summed E-state index contributed by atoms with van der Waals surface area (Å²) < 4.78 is 65.9. The number of benzene rings is 1. The summed E-state index contributed by atoms with van der Waals surface area (Å²) in [6, 6.07) is 7.00. The molecule has 1 aliphatic heterocycles. The van der Waals surface area contributed by atoms with Gasteiger partial charge >= 0.3 is 12.1 Å². The number of alkyl halides is 2. The third kappa shape index (κ3) is 12.5. The first-order valence-electron chi connectivity index (χ1n) is 15.8. The summed E-state index contributed by atoms with van der Waals surface area (Å²) in [6.07, 6.45) is -4.41. The number of hydrogen-bond donors (Lipinski definition) is 2. The van der Waals surface area contributed by atoms with Crippen molar-refractivity contribution in [3.8, 4) is 0 Å². The van der Waals surface area contributed by atoms with E-state index in [4.69, 9.17) is 28.4 Å². The Hall–Kier alpha value is -2.38. The molecule has 10 nitrogen and oxygen atoms in total. The number of carbonyl (C=O) groups excluding carboxylic acids is 2. The van der Waals surface area contributed by atoms with Crippen LogP contribution in [0.5, 0.6) is 0 Å². The molecule has 44 heavy (non-hydrogen) atoms. The fourth-order valence-corrected chi connectivity index (χ4v) is 4.71. The second-order valence-electron chi connectivity index (χ2n) is 10.9. The van der Waals surface area contributed by atoms with Gasteiger partial charge in [-0.25, -0.2) is 18.4 Å². The number of hydrogen-bond acceptors (Lipinski definition) is 9. The predicted octanol–water partition coefficient (Wildman–Crippen LogP) is 5.19. The first-order valence-corrected chi connectivity index (χ1v) is 15.8. The summed E-state index contributed by atoms with van der Waals surface area (Å²) in [7, 11) is 0. The fourth-order valence-electron chi connectivity index (χ4n) is 4.71. The van der Waals surface area contributed by atoms with Crippen LogP contribution in [-0.4, -0.2) is 92.7 Å². The van der Waals surface area contributed by atoms with Crippen LogP contribution in [0.2, 0.25) is 0 Å². The van der Waals surface area contributed by atoms with E-state index in [1.165, 1.54) is 6.92 Å². The van der Waals surface area contributed by atoms with Gasteiger partial charge in [-0.15, -0.1) is 0 Å². The third-order valence-corrected chi connectivity index (χ3v) is 7.17. The standard InChI is InChI=1S/C32H51F2NO9/c1-5-9-17-39-22-25-27(41-18-10-6-2)28(42-19-11-7-3)26(36)29(44-25)32(33,34)20-24(30(37)40-8-4)35-31(38)43-21-23-15-13-12-14-16-23/h12-16,24-29,36H,5-11,17-22H2,1-4H3,(H,35,38)/t24-,25-,26-,27+,28-,29+/m1/s1. The highest BCUT2D eigenvalue weighted by atomic mass is 19.3. The van der Waals surface area contributed by atoms with Gasteiger partial charge in [0.15, 0.2) is 0 Å². The van der Waals surface area contributed by atoms with E-state index in [-0.39, 0.29) is 26.4 Å². The molecule has 12 heteroatoms. The Labute approximate surface area is 260 Å². The number of esters is 1. The van der Waals surface area contributed by atoms with Crippen LogP contribution in [0, 0.1) is 0 Å². The number of aliphatic hydroxyl groups is 1. The molecule has 2 N–H and O–H groups in total. The number of halogens is 2. The van der Waals surface area contributed by atoms with Crippen LogP contribution in [-0.2, 0) is 39.8 Å². The monoisotopic (exact) mass is 631 g/mol. The van der Waals surface area contributed by atoms with Crippen molar-refractivity contribution < 1.29 is 51.9 Å². The summed E-state index contributed by atoms with van der Waals surface area (Å²) in [6.45, 7) is 8.20. The minimum Gasteiger partial charge on any atom is -0.464 e. The van der Waals surface area contributed by atoms with Gasteiger partial charge in [0.1, 0.15) is 43.2 Å². The zero-order valence-corrected chi connectivity index (χ0v) is 26.5. The van der Waals surface area contributed by atoms with Crippen LogP contribution in [0.3, 0.4) is 0 Å². The van der Waals surface area contributed by atoms with Gasteiger partial charge in [-0.3, -0.25) is 0 Å². The minimum atomic E-state index is -3.81. The average Bonchev–Trinajstić information content (AvgIpc) is 3.00. The number of rotatable bonds is 21. The molecule has 0 aliphatic carbocycles. The van der Waals surface area contributed by atoms with Gasteiger partial charge in [0, 0.05) is 26.2 Å². The van der Waals surface area contributed by atoms with E-state index < -0.39 is 61.0 Å². The highest BCUT2D eigenvalue weighted by molar-refractivity contribution is 5.81. The van der Waals surface area contributed by atoms with Crippen molar-refractivity contribution in [2.24, 2.45) is 0 Å². The number of aliphatic hydroxyl groups excluding tert-OH is 1. The summed E-state index contributed by atoms with van der Waals surface area (Å²) >= 11 is 0. The maximum Gasteiger partial charge on any atom is 0.408 e. The molecule has 1 fully saturated rings. The Balaban J connectivity index is 2.27. The van der Waals surface area contributed by atoms with Gasteiger partial charge in [0.05, 0.1) is 13.2 Å². The van der Waals surface area contributed by atoms with Crippen LogP contribution in [0.4, 0.5) is 13.6 Å². The second kappa shape index (κ2) is 20.6. The van der Waals surface area contributed by atoms with E-state index >= 15 is 8.78 Å². The maximum absolute atomic E-state index is 16.1. The van der Waals surface area contributed by atoms with Crippen LogP contribution in [0.15, 0.2) is 30.3 Å². The van der Waals surface area contributed by atoms with Gasteiger partial charge in [-0.05, 0) is 31.7 Å². The van der Waals surface area contributed by atoms with E-state index in [0.29, 0.717) is 25.2 Å². The summed E-state index contributed by atoms with van der Waals surface area (Å²) in [5.74, 6) is -4.88. The molecule has 2 rings (SSSR count). The van der Waals surface area contributed by atoms with Gasteiger partial charge in [-0.1, -0.05) is 70.4 Å². The molecule has 0 radical (unpaired) electrons. The smallest absolute Gasteiger partial charge is 0.408 e. The number of amides is 1. The van der Waals surface area contributed by atoms with E-state index in [0.717, 1.165) is 32.1 Å². The molecule has 0 bridgehead atoms. The molecule has 1 aromatic rings. The molecule has 0 saturated carbocycles. The SMILES string of the molecule is CCCCOC[C@H]1O[C@H](C(F)(F)C[C@@H](NC(=O)OCc2ccccc2)C(=O)OCC)[C@H](O)[C@@H](OCCCC)[C@H]1OCCCC. The zero-order valence-electron chi connectivity index (χ0n) is 26.5. The maximum atomic E-state index is 16.1. The highest BCUT2D eigenvalue weighted by Gasteiger charge is 2.57. The Bertz CT molecular complexity index is 940. The normalized spacial score (nSPS) is 22.8. The van der Waals surface area contributed by atoms with E-state index in [2.05, 4.69) is 5.32 Å². The molecule has 1 amide bonds.